The molecule has 1 saturated carbocycles. The first-order valence-corrected chi connectivity index (χ1v) is 13.8. The summed E-state index contributed by atoms with van der Waals surface area (Å²) in [5.74, 6) is 2.02. The fourth-order valence-corrected chi connectivity index (χ4v) is 7.00. The zero-order valence-corrected chi connectivity index (χ0v) is 20.2. The maximum atomic E-state index is 6.15. The molecular formula is C28H45N3O. The Morgan fingerprint density at radius 2 is 1.53 bits per heavy atom. The van der Waals surface area contributed by atoms with Crippen LogP contribution in [0.5, 0.6) is 5.75 Å². The molecule has 4 nitrogen and oxygen atoms in total. The average Bonchev–Trinajstić information content (AvgIpc) is 3.31. The smallest absolute Gasteiger partial charge is 0.119 e. The lowest BCUT2D eigenvalue weighted by atomic mass is 9.78. The van der Waals surface area contributed by atoms with E-state index < -0.39 is 0 Å². The minimum Gasteiger partial charge on any atom is -0.494 e. The summed E-state index contributed by atoms with van der Waals surface area (Å²) in [6.07, 6.45) is 16.7. The van der Waals surface area contributed by atoms with E-state index in [4.69, 9.17) is 4.74 Å². The zero-order chi connectivity index (χ0) is 21.6. The van der Waals surface area contributed by atoms with Crippen LogP contribution in [0.4, 0.5) is 5.69 Å². The molecule has 178 valence electrons. The number of hydrogen-bond acceptors (Lipinski definition) is 4. The van der Waals surface area contributed by atoms with Crippen LogP contribution in [-0.2, 0) is 0 Å². The molecule has 0 aromatic heterocycles. The van der Waals surface area contributed by atoms with E-state index >= 15 is 0 Å². The predicted octanol–water partition coefficient (Wildman–Crippen LogP) is 5.56. The first-order chi connectivity index (χ1) is 15.9. The van der Waals surface area contributed by atoms with Crippen LogP contribution in [0.2, 0.25) is 0 Å². The normalized spacial score (nSPS) is 29.8. The number of nitrogens with zero attached hydrogens (tertiary/aromatic N) is 3. The van der Waals surface area contributed by atoms with Crippen LogP contribution in [0, 0.1) is 5.92 Å². The Balaban J connectivity index is 1.06. The van der Waals surface area contributed by atoms with Gasteiger partial charge in [0, 0.05) is 37.4 Å². The van der Waals surface area contributed by atoms with Gasteiger partial charge in [-0.1, -0.05) is 19.3 Å². The van der Waals surface area contributed by atoms with Gasteiger partial charge in [0.2, 0.25) is 0 Å². The minimum atomic E-state index is 0.688. The fourth-order valence-electron chi connectivity index (χ4n) is 7.00. The molecule has 3 unspecified atom stereocenters. The van der Waals surface area contributed by atoms with Gasteiger partial charge in [-0.15, -0.1) is 0 Å². The highest BCUT2D eigenvalue weighted by molar-refractivity contribution is 5.51. The molecular weight excluding hydrogens is 394 g/mol. The molecule has 4 fully saturated rings. The molecule has 4 aliphatic rings. The lowest BCUT2D eigenvalue weighted by molar-refractivity contribution is 0.0568. The largest absolute Gasteiger partial charge is 0.494 e. The molecule has 0 bridgehead atoms. The number of ether oxygens (including phenoxy) is 1. The van der Waals surface area contributed by atoms with Crippen LogP contribution in [0.3, 0.4) is 0 Å². The standard InChI is InChI=1S/C28H45N3O/c1-4-17-29(18-5-1)23-26-11-7-21-31(26)25-13-15-27(16-14-25)32-22-8-20-30-19-6-10-24-9-2-3-12-28(24)30/h13-16,24,26,28H,1-12,17-23H2. The topological polar surface area (TPSA) is 19.0 Å². The highest BCUT2D eigenvalue weighted by atomic mass is 16.5. The van der Waals surface area contributed by atoms with Gasteiger partial charge in [0.25, 0.3) is 0 Å². The van der Waals surface area contributed by atoms with Crippen molar-refractivity contribution in [3.8, 4) is 5.75 Å². The highest BCUT2D eigenvalue weighted by Gasteiger charge is 2.32. The number of likely N-dealkylation sites (tertiary alicyclic amines) is 2. The summed E-state index contributed by atoms with van der Waals surface area (Å²) >= 11 is 0. The molecule has 0 amide bonds. The number of benzene rings is 1. The minimum absolute atomic E-state index is 0.688. The van der Waals surface area contributed by atoms with Crippen LogP contribution in [-0.4, -0.2) is 67.8 Å². The summed E-state index contributed by atoms with van der Waals surface area (Å²) in [5.41, 5.74) is 1.38. The Labute approximate surface area is 196 Å². The van der Waals surface area contributed by atoms with Crippen molar-refractivity contribution in [2.24, 2.45) is 5.92 Å². The Kier molecular flexibility index (Phi) is 7.92. The van der Waals surface area contributed by atoms with E-state index in [0.29, 0.717) is 6.04 Å². The molecule has 3 saturated heterocycles. The Bertz CT molecular complexity index is 684. The molecule has 1 aromatic rings. The maximum absolute atomic E-state index is 6.15. The fraction of sp³-hybridized carbons (Fsp3) is 0.786. The van der Waals surface area contributed by atoms with Crippen LogP contribution < -0.4 is 9.64 Å². The SMILES string of the molecule is c1cc(N2CCCC2CN2CCCCC2)ccc1OCCCN1CCCC2CCCCC21. The van der Waals surface area contributed by atoms with Crippen LogP contribution in [0.25, 0.3) is 0 Å². The summed E-state index contributed by atoms with van der Waals surface area (Å²) in [4.78, 5) is 8.13. The summed E-state index contributed by atoms with van der Waals surface area (Å²) in [6, 6.07) is 10.5. The molecule has 3 heterocycles. The third-order valence-corrected chi connectivity index (χ3v) is 8.68. The van der Waals surface area contributed by atoms with E-state index in [0.717, 1.165) is 30.7 Å². The van der Waals surface area contributed by atoms with Crippen molar-refractivity contribution in [1.82, 2.24) is 9.80 Å². The van der Waals surface area contributed by atoms with Gasteiger partial charge in [0.15, 0.2) is 0 Å². The molecule has 32 heavy (non-hydrogen) atoms. The van der Waals surface area contributed by atoms with Gasteiger partial charge in [0.05, 0.1) is 6.61 Å². The van der Waals surface area contributed by atoms with Gasteiger partial charge in [-0.05, 0) is 108 Å². The van der Waals surface area contributed by atoms with Gasteiger partial charge in [0.1, 0.15) is 5.75 Å². The van der Waals surface area contributed by atoms with Gasteiger partial charge >= 0.3 is 0 Å². The predicted molar refractivity (Wildman–Crippen MR) is 134 cm³/mol. The number of piperidine rings is 2. The van der Waals surface area contributed by atoms with Crippen LogP contribution >= 0.6 is 0 Å². The average molecular weight is 440 g/mol. The number of fused-ring (bicyclic) bond motifs is 1. The first-order valence-electron chi connectivity index (χ1n) is 13.8. The molecule has 4 heteroatoms. The second kappa shape index (κ2) is 11.2. The third-order valence-electron chi connectivity index (χ3n) is 8.68. The van der Waals surface area contributed by atoms with Crippen molar-refractivity contribution < 1.29 is 4.74 Å². The lowest BCUT2D eigenvalue weighted by Crippen LogP contribution is -2.47. The van der Waals surface area contributed by atoms with E-state index in [1.165, 1.54) is 116 Å². The van der Waals surface area contributed by atoms with Crippen LogP contribution in [0.15, 0.2) is 24.3 Å². The highest BCUT2D eigenvalue weighted by Crippen LogP contribution is 2.35. The van der Waals surface area contributed by atoms with Crippen LogP contribution in [0.1, 0.15) is 77.0 Å². The lowest BCUT2D eigenvalue weighted by Gasteiger charge is -2.44. The summed E-state index contributed by atoms with van der Waals surface area (Å²) < 4.78 is 6.15. The molecule has 5 rings (SSSR count). The Hall–Kier alpha value is -1.26. The van der Waals surface area contributed by atoms with Crippen molar-refractivity contribution in [3.05, 3.63) is 24.3 Å². The molecule has 1 aliphatic carbocycles. The van der Waals surface area contributed by atoms with Crippen molar-refractivity contribution in [3.63, 3.8) is 0 Å². The van der Waals surface area contributed by atoms with Crippen molar-refractivity contribution in [1.29, 1.82) is 0 Å². The van der Waals surface area contributed by atoms with Gasteiger partial charge in [-0.25, -0.2) is 0 Å². The summed E-state index contributed by atoms with van der Waals surface area (Å²) in [6.45, 7) is 8.42. The molecule has 1 aromatic carbocycles. The summed E-state index contributed by atoms with van der Waals surface area (Å²) in [5, 5.41) is 0. The molecule has 3 atom stereocenters. The number of hydrogen-bond donors (Lipinski definition) is 0. The Morgan fingerprint density at radius 3 is 2.41 bits per heavy atom. The van der Waals surface area contributed by atoms with E-state index in [2.05, 4.69) is 39.0 Å². The van der Waals surface area contributed by atoms with E-state index in [1.54, 1.807) is 0 Å². The third kappa shape index (κ3) is 5.62. The zero-order valence-electron chi connectivity index (χ0n) is 20.2. The summed E-state index contributed by atoms with van der Waals surface area (Å²) in [7, 11) is 0. The number of anilines is 1. The Morgan fingerprint density at radius 1 is 0.750 bits per heavy atom. The maximum Gasteiger partial charge on any atom is 0.119 e. The van der Waals surface area contributed by atoms with E-state index in [9.17, 15) is 0 Å². The van der Waals surface area contributed by atoms with Crippen molar-refractivity contribution in [2.45, 2.75) is 89.1 Å². The van der Waals surface area contributed by atoms with Gasteiger partial charge < -0.3 is 14.5 Å². The second-order valence-corrected chi connectivity index (χ2v) is 10.8. The first kappa shape index (κ1) is 22.5. The van der Waals surface area contributed by atoms with E-state index in [1.807, 2.05) is 0 Å². The van der Waals surface area contributed by atoms with Crippen molar-refractivity contribution in [2.75, 3.05) is 50.8 Å². The molecule has 0 spiro atoms. The van der Waals surface area contributed by atoms with Gasteiger partial charge in [-0.2, -0.15) is 0 Å². The van der Waals surface area contributed by atoms with Crippen molar-refractivity contribution >= 4 is 5.69 Å². The second-order valence-electron chi connectivity index (χ2n) is 10.8. The molecule has 3 aliphatic heterocycles. The van der Waals surface area contributed by atoms with Gasteiger partial charge in [-0.3, -0.25) is 4.90 Å². The van der Waals surface area contributed by atoms with E-state index in [-0.39, 0.29) is 0 Å². The molecule has 0 radical (unpaired) electrons. The number of rotatable bonds is 8. The molecule has 0 N–H and O–H groups in total. The quantitative estimate of drug-likeness (QED) is 0.493. The monoisotopic (exact) mass is 439 g/mol.